The summed E-state index contributed by atoms with van der Waals surface area (Å²) in [5, 5.41) is 3.78. The molecular formula is C19H19FN4O2. The minimum atomic E-state index is -0.314. The van der Waals surface area contributed by atoms with Gasteiger partial charge in [-0.2, -0.15) is 0 Å². The van der Waals surface area contributed by atoms with Crippen molar-refractivity contribution in [1.82, 2.24) is 19.9 Å². The predicted molar refractivity (Wildman–Crippen MR) is 95.7 cm³/mol. The highest BCUT2D eigenvalue weighted by atomic mass is 19.1. The number of carbonyl (C=O) groups is 1. The maximum Gasteiger partial charge on any atom is 0.268 e. The molecule has 0 spiro atoms. The number of H-pyrrole nitrogens is 1. The van der Waals surface area contributed by atoms with Crippen LogP contribution < -0.4 is 10.9 Å². The van der Waals surface area contributed by atoms with Crippen LogP contribution in [0.3, 0.4) is 0 Å². The van der Waals surface area contributed by atoms with Crippen LogP contribution in [0.25, 0.3) is 10.9 Å². The molecule has 1 aliphatic carbocycles. The van der Waals surface area contributed by atoms with Crippen LogP contribution in [-0.4, -0.2) is 26.5 Å². The number of nitrogens with zero attached hydrogens (tertiary/aromatic N) is 2. The summed E-state index contributed by atoms with van der Waals surface area (Å²) in [6.07, 6.45) is 2.90. The molecule has 26 heavy (non-hydrogen) atoms. The Labute approximate surface area is 149 Å². The van der Waals surface area contributed by atoms with Crippen LogP contribution in [0.2, 0.25) is 0 Å². The maximum absolute atomic E-state index is 13.5. The molecule has 0 radical (unpaired) electrons. The van der Waals surface area contributed by atoms with Crippen molar-refractivity contribution < 1.29 is 9.18 Å². The smallest absolute Gasteiger partial charge is 0.268 e. The van der Waals surface area contributed by atoms with Gasteiger partial charge in [-0.15, -0.1) is 0 Å². The molecule has 2 N–H and O–H groups in total. The van der Waals surface area contributed by atoms with Crippen LogP contribution in [-0.2, 0) is 7.05 Å². The predicted octanol–water partition coefficient (Wildman–Crippen LogP) is 2.39. The number of halogens is 1. The SMILES string of the molecule is Cc1c(C(=O)NC2CC(c3cc(=O)[nH]cn3)C2)n(C)c2ccc(F)cc12. The normalized spacial score (nSPS) is 19.3. The van der Waals surface area contributed by atoms with E-state index in [1.54, 1.807) is 10.6 Å². The number of fused-ring (bicyclic) bond motifs is 1. The lowest BCUT2D eigenvalue weighted by atomic mass is 9.78. The highest BCUT2D eigenvalue weighted by molar-refractivity contribution is 6.01. The number of nitrogens with one attached hydrogen (secondary N) is 2. The van der Waals surface area contributed by atoms with E-state index in [0.717, 1.165) is 35.0 Å². The van der Waals surface area contributed by atoms with Crippen molar-refractivity contribution in [3.05, 3.63) is 63.7 Å². The minimum absolute atomic E-state index is 0.0442. The number of aromatic nitrogens is 3. The Hall–Kier alpha value is -2.96. The van der Waals surface area contributed by atoms with Crippen molar-refractivity contribution in [1.29, 1.82) is 0 Å². The van der Waals surface area contributed by atoms with Crippen LogP contribution in [0.5, 0.6) is 0 Å². The summed E-state index contributed by atoms with van der Waals surface area (Å²) in [5.74, 6) is -0.292. The van der Waals surface area contributed by atoms with Gasteiger partial charge in [-0.3, -0.25) is 9.59 Å². The summed E-state index contributed by atoms with van der Waals surface area (Å²) in [6.45, 7) is 1.83. The highest BCUT2D eigenvalue weighted by Crippen LogP contribution is 2.35. The third-order valence-electron chi connectivity index (χ3n) is 5.22. The largest absolute Gasteiger partial charge is 0.348 e. The molecule has 134 valence electrons. The third kappa shape index (κ3) is 2.69. The van der Waals surface area contributed by atoms with E-state index in [2.05, 4.69) is 15.3 Å². The molecule has 0 bridgehead atoms. The zero-order valence-electron chi connectivity index (χ0n) is 14.5. The number of amides is 1. The number of rotatable bonds is 3. The van der Waals surface area contributed by atoms with Gasteiger partial charge >= 0.3 is 0 Å². The van der Waals surface area contributed by atoms with Crippen LogP contribution in [0, 0.1) is 12.7 Å². The Morgan fingerprint density at radius 1 is 1.35 bits per heavy atom. The topological polar surface area (TPSA) is 79.8 Å². The lowest BCUT2D eigenvalue weighted by Crippen LogP contribution is -2.44. The van der Waals surface area contributed by atoms with Crippen LogP contribution in [0.1, 0.15) is 40.5 Å². The van der Waals surface area contributed by atoms with E-state index < -0.39 is 0 Å². The summed E-state index contributed by atoms with van der Waals surface area (Å²) >= 11 is 0. The Kier molecular flexibility index (Phi) is 3.86. The number of aryl methyl sites for hydroxylation is 2. The fraction of sp³-hybridized carbons (Fsp3) is 0.316. The van der Waals surface area contributed by atoms with Crippen molar-refractivity contribution in [3.63, 3.8) is 0 Å². The molecule has 2 aromatic heterocycles. The number of hydrogen-bond acceptors (Lipinski definition) is 3. The molecule has 4 rings (SSSR count). The molecule has 3 aromatic rings. The van der Waals surface area contributed by atoms with Gasteiger partial charge in [0.2, 0.25) is 0 Å². The first kappa shape index (κ1) is 16.5. The second kappa shape index (κ2) is 6.09. The Morgan fingerprint density at radius 3 is 2.85 bits per heavy atom. The van der Waals surface area contributed by atoms with E-state index >= 15 is 0 Å². The second-order valence-electron chi connectivity index (χ2n) is 6.87. The van der Waals surface area contributed by atoms with Gasteiger partial charge in [0, 0.05) is 36.0 Å². The van der Waals surface area contributed by atoms with Crippen molar-refractivity contribution >= 4 is 16.8 Å². The summed E-state index contributed by atoms with van der Waals surface area (Å²) in [7, 11) is 1.81. The Balaban J connectivity index is 1.50. The molecule has 0 atom stereocenters. The van der Waals surface area contributed by atoms with Gasteiger partial charge in [0.05, 0.1) is 12.0 Å². The van der Waals surface area contributed by atoms with E-state index in [-0.39, 0.29) is 29.2 Å². The molecule has 0 aliphatic heterocycles. The minimum Gasteiger partial charge on any atom is -0.348 e. The number of benzene rings is 1. The van der Waals surface area contributed by atoms with Gasteiger partial charge in [0.15, 0.2) is 0 Å². The fourth-order valence-electron chi connectivity index (χ4n) is 3.76. The lowest BCUT2D eigenvalue weighted by Gasteiger charge is -2.35. The van der Waals surface area contributed by atoms with E-state index in [4.69, 9.17) is 0 Å². The highest BCUT2D eigenvalue weighted by Gasteiger charge is 2.33. The van der Waals surface area contributed by atoms with Gasteiger partial charge in [0.1, 0.15) is 11.5 Å². The van der Waals surface area contributed by atoms with Gasteiger partial charge in [-0.25, -0.2) is 9.37 Å². The molecule has 1 saturated carbocycles. The second-order valence-corrected chi connectivity index (χ2v) is 6.87. The lowest BCUT2D eigenvalue weighted by molar-refractivity contribution is 0.0899. The van der Waals surface area contributed by atoms with Gasteiger partial charge in [0.25, 0.3) is 11.5 Å². The van der Waals surface area contributed by atoms with Crippen molar-refractivity contribution in [2.24, 2.45) is 7.05 Å². The molecular weight excluding hydrogens is 335 g/mol. The summed E-state index contributed by atoms with van der Waals surface area (Å²) in [5.41, 5.74) is 2.74. The van der Waals surface area contributed by atoms with Crippen molar-refractivity contribution in [2.75, 3.05) is 0 Å². The number of hydrogen-bond donors (Lipinski definition) is 2. The van der Waals surface area contributed by atoms with Gasteiger partial charge in [-0.05, 0) is 43.5 Å². The monoisotopic (exact) mass is 354 g/mol. The van der Waals surface area contributed by atoms with Crippen LogP contribution >= 0.6 is 0 Å². The average Bonchev–Trinajstić information content (AvgIpc) is 2.81. The molecule has 7 heteroatoms. The van der Waals surface area contributed by atoms with E-state index in [0.29, 0.717) is 5.69 Å². The zero-order chi connectivity index (χ0) is 18.4. The van der Waals surface area contributed by atoms with Crippen molar-refractivity contribution in [2.45, 2.75) is 31.7 Å². The standard InChI is InChI=1S/C19H19FN4O2/c1-10-14-7-12(20)3-4-16(14)24(2)18(10)19(26)23-13-5-11(6-13)15-8-17(25)22-9-21-15/h3-4,7-9,11,13H,5-6H2,1-2H3,(H,23,26)(H,21,22,25). The number of carbonyl (C=O) groups excluding carboxylic acids is 1. The molecule has 2 heterocycles. The average molecular weight is 354 g/mol. The summed E-state index contributed by atoms with van der Waals surface area (Å²) in [4.78, 5) is 30.8. The molecule has 6 nitrogen and oxygen atoms in total. The van der Waals surface area contributed by atoms with Crippen LogP contribution in [0.15, 0.2) is 35.4 Å². The quantitative estimate of drug-likeness (QED) is 0.758. The first-order valence-electron chi connectivity index (χ1n) is 8.54. The molecule has 0 unspecified atom stereocenters. The third-order valence-corrected chi connectivity index (χ3v) is 5.22. The molecule has 1 aromatic carbocycles. The van der Waals surface area contributed by atoms with E-state index in [1.807, 2.05) is 14.0 Å². The van der Waals surface area contributed by atoms with Gasteiger partial charge in [-0.1, -0.05) is 0 Å². The van der Waals surface area contributed by atoms with Crippen molar-refractivity contribution in [3.8, 4) is 0 Å². The molecule has 0 saturated heterocycles. The first-order valence-corrected chi connectivity index (χ1v) is 8.54. The molecule has 1 amide bonds. The number of aromatic amines is 1. The summed E-state index contributed by atoms with van der Waals surface area (Å²) < 4.78 is 15.3. The zero-order valence-corrected chi connectivity index (χ0v) is 14.5. The fourth-order valence-corrected chi connectivity index (χ4v) is 3.76. The Bertz CT molecular complexity index is 1060. The van der Waals surface area contributed by atoms with Crippen LogP contribution in [0.4, 0.5) is 4.39 Å². The van der Waals surface area contributed by atoms with E-state index in [9.17, 15) is 14.0 Å². The van der Waals surface area contributed by atoms with E-state index in [1.165, 1.54) is 24.5 Å². The van der Waals surface area contributed by atoms with Gasteiger partial charge < -0.3 is 14.9 Å². The summed E-state index contributed by atoms with van der Waals surface area (Å²) in [6, 6.07) is 6.09. The first-order chi connectivity index (χ1) is 12.4. The maximum atomic E-state index is 13.5. The molecule has 1 aliphatic rings. The molecule has 1 fully saturated rings. The Morgan fingerprint density at radius 2 is 2.12 bits per heavy atom.